The van der Waals surface area contributed by atoms with Gasteiger partial charge in [-0.2, -0.15) is 0 Å². The van der Waals surface area contributed by atoms with Crippen LogP contribution in [0.15, 0.2) is 11.3 Å². The van der Waals surface area contributed by atoms with Crippen LogP contribution >= 0.6 is 0 Å². The third-order valence-electron chi connectivity index (χ3n) is 3.89. The highest BCUT2D eigenvalue weighted by Gasteiger charge is 2.40. The van der Waals surface area contributed by atoms with E-state index in [2.05, 4.69) is 46.6 Å². The lowest BCUT2D eigenvalue weighted by atomic mass is 9.82. The predicted molar refractivity (Wildman–Crippen MR) is 58.6 cm³/mol. The first-order valence-corrected chi connectivity index (χ1v) is 5.34. The topological polar surface area (TPSA) is 3.24 Å². The SMILES string of the molecule is CCC[C@H]1C(C)=C(C)N(C)C1(C)C. The summed E-state index contributed by atoms with van der Waals surface area (Å²) in [4.78, 5) is 2.43. The van der Waals surface area contributed by atoms with E-state index in [0.29, 0.717) is 5.54 Å². The Morgan fingerprint density at radius 3 is 2.15 bits per heavy atom. The van der Waals surface area contributed by atoms with Crippen LogP contribution in [0.5, 0.6) is 0 Å². The lowest BCUT2D eigenvalue weighted by Crippen LogP contribution is -2.40. The van der Waals surface area contributed by atoms with Crippen molar-refractivity contribution in [1.82, 2.24) is 4.90 Å². The smallest absolute Gasteiger partial charge is 0.0405 e. The van der Waals surface area contributed by atoms with Crippen molar-refractivity contribution < 1.29 is 0 Å². The molecule has 0 aromatic heterocycles. The van der Waals surface area contributed by atoms with Crippen molar-refractivity contribution in [2.75, 3.05) is 7.05 Å². The van der Waals surface area contributed by atoms with Crippen LogP contribution in [0.25, 0.3) is 0 Å². The molecule has 1 aliphatic heterocycles. The second-order valence-corrected chi connectivity index (χ2v) is 4.82. The van der Waals surface area contributed by atoms with Gasteiger partial charge >= 0.3 is 0 Å². The van der Waals surface area contributed by atoms with Crippen molar-refractivity contribution in [2.24, 2.45) is 5.92 Å². The van der Waals surface area contributed by atoms with Gasteiger partial charge < -0.3 is 4.90 Å². The molecule has 0 aromatic rings. The largest absolute Gasteiger partial charge is 0.372 e. The summed E-state index contributed by atoms with van der Waals surface area (Å²) in [6, 6.07) is 0. The van der Waals surface area contributed by atoms with Crippen molar-refractivity contribution in [3.8, 4) is 0 Å². The third kappa shape index (κ3) is 1.49. The van der Waals surface area contributed by atoms with Gasteiger partial charge in [0.2, 0.25) is 0 Å². The van der Waals surface area contributed by atoms with Crippen molar-refractivity contribution in [2.45, 2.75) is 53.0 Å². The van der Waals surface area contributed by atoms with Crippen LogP contribution < -0.4 is 0 Å². The van der Waals surface area contributed by atoms with Crippen LogP contribution in [0.2, 0.25) is 0 Å². The Morgan fingerprint density at radius 1 is 1.31 bits per heavy atom. The van der Waals surface area contributed by atoms with Gasteiger partial charge in [-0.15, -0.1) is 0 Å². The fourth-order valence-electron chi connectivity index (χ4n) is 2.57. The molecule has 76 valence electrons. The van der Waals surface area contributed by atoms with E-state index in [-0.39, 0.29) is 0 Å². The Hall–Kier alpha value is -0.460. The normalized spacial score (nSPS) is 27.2. The lowest BCUT2D eigenvalue weighted by Gasteiger charge is -2.36. The van der Waals surface area contributed by atoms with Crippen LogP contribution in [0, 0.1) is 5.92 Å². The minimum atomic E-state index is 0.324. The Labute approximate surface area is 82.8 Å². The summed E-state index contributed by atoms with van der Waals surface area (Å²) in [7, 11) is 2.22. The van der Waals surface area contributed by atoms with Crippen LogP contribution in [-0.2, 0) is 0 Å². The molecule has 0 amide bonds. The monoisotopic (exact) mass is 181 g/mol. The number of nitrogens with zero attached hydrogens (tertiary/aromatic N) is 1. The van der Waals surface area contributed by atoms with Crippen LogP contribution in [0.1, 0.15) is 47.5 Å². The molecule has 1 atom stereocenters. The van der Waals surface area contributed by atoms with E-state index in [4.69, 9.17) is 0 Å². The highest BCUT2D eigenvalue weighted by atomic mass is 15.2. The van der Waals surface area contributed by atoms with Gasteiger partial charge in [0.1, 0.15) is 0 Å². The molecule has 0 aromatic carbocycles. The number of hydrogen-bond acceptors (Lipinski definition) is 1. The lowest BCUT2D eigenvalue weighted by molar-refractivity contribution is 0.172. The molecular weight excluding hydrogens is 158 g/mol. The van der Waals surface area contributed by atoms with Crippen molar-refractivity contribution in [3.05, 3.63) is 11.3 Å². The first-order valence-electron chi connectivity index (χ1n) is 5.34. The molecule has 0 saturated carbocycles. The second-order valence-electron chi connectivity index (χ2n) is 4.82. The van der Waals surface area contributed by atoms with Gasteiger partial charge in [0.15, 0.2) is 0 Å². The molecule has 1 aliphatic rings. The Morgan fingerprint density at radius 2 is 1.85 bits per heavy atom. The zero-order chi connectivity index (χ0) is 10.2. The number of allylic oxidation sites excluding steroid dienone is 1. The van der Waals surface area contributed by atoms with Crippen molar-refractivity contribution >= 4 is 0 Å². The first kappa shape index (κ1) is 10.6. The van der Waals surface area contributed by atoms with Crippen LogP contribution in [0.3, 0.4) is 0 Å². The van der Waals surface area contributed by atoms with E-state index in [1.165, 1.54) is 18.5 Å². The van der Waals surface area contributed by atoms with Gasteiger partial charge in [0.25, 0.3) is 0 Å². The minimum absolute atomic E-state index is 0.324. The van der Waals surface area contributed by atoms with Crippen LogP contribution in [0.4, 0.5) is 0 Å². The van der Waals surface area contributed by atoms with Gasteiger partial charge in [0, 0.05) is 24.2 Å². The fraction of sp³-hybridized carbons (Fsp3) is 0.833. The highest BCUT2D eigenvalue weighted by molar-refractivity contribution is 5.25. The summed E-state index contributed by atoms with van der Waals surface area (Å²) in [5.74, 6) is 0.752. The summed E-state index contributed by atoms with van der Waals surface area (Å²) in [5.41, 5.74) is 3.39. The summed E-state index contributed by atoms with van der Waals surface area (Å²) in [5, 5.41) is 0. The second kappa shape index (κ2) is 3.36. The Balaban J connectivity index is 2.94. The molecular formula is C12H23N. The van der Waals surface area contributed by atoms with E-state index in [1.807, 2.05) is 0 Å². The molecule has 0 aliphatic carbocycles. The maximum absolute atomic E-state index is 2.43. The van der Waals surface area contributed by atoms with E-state index in [0.717, 1.165) is 5.92 Å². The summed E-state index contributed by atoms with van der Waals surface area (Å²) < 4.78 is 0. The van der Waals surface area contributed by atoms with Gasteiger partial charge in [-0.05, 0) is 39.7 Å². The average Bonchev–Trinajstić information content (AvgIpc) is 2.20. The van der Waals surface area contributed by atoms with E-state index in [1.54, 1.807) is 5.57 Å². The summed E-state index contributed by atoms with van der Waals surface area (Å²) >= 11 is 0. The molecule has 1 rings (SSSR count). The fourth-order valence-corrected chi connectivity index (χ4v) is 2.57. The zero-order valence-corrected chi connectivity index (χ0v) is 9.94. The quantitative estimate of drug-likeness (QED) is 0.631. The first-order chi connectivity index (χ1) is 5.92. The molecule has 0 radical (unpaired) electrons. The van der Waals surface area contributed by atoms with Crippen LogP contribution in [-0.4, -0.2) is 17.5 Å². The zero-order valence-electron chi connectivity index (χ0n) is 9.94. The molecule has 13 heavy (non-hydrogen) atoms. The van der Waals surface area contributed by atoms with E-state index in [9.17, 15) is 0 Å². The maximum atomic E-state index is 2.43. The molecule has 1 heterocycles. The third-order valence-corrected chi connectivity index (χ3v) is 3.89. The molecule has 0 spiro atoms. The van der Waals surface area contributed by atoms with Crippen molar-refractivity contribution in [3.63, 3.8) is 0 Å². The molecule has 1 nitrogen and oxygen atoms in total. The van der Waals surface area contributed by atoms with E-state index < -0.39 is 0 Å². The molecule has 0 saturated heterocycles. The molecule has 0 bridgehead atoms. The standard InChI is InChI=1S/C12H23N/c1-7-8-11-9(2)10(3)13(6)12(11,4)5/h11H,7-8H2,1-6H3/t11-/m0/s1. The minimum Gasteiger partial charge on any atom is -0.372 e. The summed E-state index contributed by atoms with van der Waals surface area (Å²) in [6.07, 6.45) is 2.60. The molecule has 0 unspecified atom stereocenters. The molecule has 0 N–H and O–H groups in total. The van der Waals surface area contributed by atoms with E-state index >= 15 is 0 Å². The van der Waals surface area contributed by atoms with Gasteiger partial charge in [-0.1, -0.05) is 13.3 Å². The Bertz CT molecular complexity index is 225. The molecule has 1 heteroatoms. The van der Waals surface area contributed by atoms with Crippen molar-refractivity contribution in [1.29, 1.82) is 0 Å². The summed E-state index contributed by atoms with van der Waals surface area (Å²) in [6.45, 7) is 11.5. The van der Waals surface area contributed by atoms with Gasteiger partial charge in [0.05, 0.1) is 0 Å². The molecule has 0 fully saturated rings. The predicted octanol–water partition coefficient (Wildman–Crippen LogP) is 3.42. The number of rotatable bonds is 2. The average molecular weight is 181 g/mol. The maximum Gasteiger partial charge on any atom is 0.0405 e. The number of hydrogen-bond donors (Lipinski definition) is 0. The Kier molecular flexibility index (Phi) is 2.74. The van der Waals surface area contributed by atoms with Gasteiger partial charge in [-0.3, -0.25) is 0 Å². The van der Waals surface area contributed by atoms with Gasteiger partial charge in [-0.25, -0.2) is 0 Å². The highest BCUT2D eigenvalue weighted by Crippen LogP contribution is 2.42.